The van der Waals surface area contributed by atoms with Crippen LogP contribution in [0.2, 0.25) is 0 Å². The zero-order chi connectivity index (χ0) is 21.2. The molecule has 0 nitrogen and oxygen atoms in total. The summed E-state index contributed by atoms with van der Waals surface area (Å²) in [5, 5.41) is 0. The maximum Gasteiger partial charge on any atom is 0.126 e. The van der Waals surface area contributed by atoms with Crippen molar-refractivity contribution in [1.82, 2.24) is 0 Å². The zero-order valence-electron chi connectivity index (χ0n) is 19.7. The van der Waals surface area contributed by atoms with E-state index < -0.39 is 0 Å². The second-order valence-electron chi connectivity index (χ2n) is 10.2. The summed E-state index contributed by atoms with van der Waals surface area (Å²) >= 11 is 0. The van der Waals surface area contributed by atoms with Gasteiger partial charge in [-0.2, -0.15) is 0 Å². The fourth-order valence-corrected chi connectivity index (χ4v) is 5.82. The molecule has 168 valence electrons. The lowest BCUT2D eigenvalue weighted by Gasteiger charge is -2.35. The Kier molecular flexibility index (Phi) is 9.95. The lowest BCUT2D eigenvalue weighted by Crippen LogP contribution is -2.23. The molecule has 1 fully saturated rings. The average molecular weight is 413 g/mol. The van der Waals surface area contributed by atoms with Gasteiger partial charge in [0.25, 0.3) is 0 Å². The Morgan fingerprint density at radius 3 is 2.30 bits per heavy atom. The Morgan fingerprint density at radius 1 is 0.833 bits per heavy atom. The molecular formula is C29H45F. The maximum atomic E-state index is 14.4. The van der Waals surface area contributed by atoms with Gasteiger partial charge < -0.3 is 0 Å². The third kappa shape index (κ3) is 7.24. The largest absolute Gasteiger partial charge is 0.207 e. The van der Waals surface area contributed by atoms with Crippen molar-refractivity contribution in [3.8, 4) is 0 Å². The summed E-state index contributed by atoms with van der Waals surface area (Å²) in [6.45, 7) is 4.51. The van der Waals surface area contributed by atoms with E-state index in [1.807, 2.05) is 6.07 Å². The SMILES string of the molecule is CCCCCc1ccc(CCC2=CCC(C3CCC(CCCC)CC3)CC2)cc1F. The molecule has 3 rings (SSSR count). The lowest BCUT2D eigenvalue weighted by atomic mass is 9.70. The number of aryl methyl sites for hydroxylation is 2. The van der Waals surface area contributed by atoms with Gasteiger partial charge in [0, 0.05) is 0 Å². The first kappa shape index (κ1) is 23.6. The van der Waals surface area contributed by atoms with Crippen molar-refractivity contribution < 1.29 is 4.39 Å². The molecule has 0 radical (unpaired) electrons. The molecule has 0 amide bonds. The predicted octanol–water partition coefficient (Wildman–Crippen LogP) is 9.21. The van der Waals surface area contributed by atoms with E-state index in [-0.39, 0.29) is 5.82 Å². The normalized spacial score (nSPS) is 24.6. The van der Waals surface area contributed by atoms with Crippen LogP contribution < -0.4 is 0 Å². The number of hydrogen-bond donors (Lipinski definition) is 0. The molecule has 0 aromatic heterocycles. The van der Waals surface area contributed by atoms with Crippen LogP contribution in [0, 0.1) is 23.6 Å². The Balaban J connectivity index is 1.40. The first-order valence-corrected chi connectivity index (χ1v) is 13.1. The zero-order valence-corrected chi connectivity index (χ0v) is 19.7. The minimum atomic E-state index is 0.0100. The number of allylic oxidation sites excluding steroid dienone is 2. The molecule has 2 aliphatic rings. The Morgan fingerprint density at radius 2 is 1.63 bits per heavy atom. The smallest absolute Gasteiger partial charge is 0.126 e. The molecule has 1 saturated carbocycles. The van der Waals surface area contributed by atoms with Crippen LogP contribution in [0.4, 0.5) is 4.39 Å². The summed E-state index contributed by atoms with van der Waals surface area (Å²) in [6.07, 6.45) is 23.2. The van der Waals surface area contributed by atoms with E-state index in [4.69, 9.17) is 0 Å². The van der Waals surface area contributed by atoms with Crippen LogP contribution in [-0.4, -0.2) is 0 Å². The van der Waals surface area contributed by atoms with E-state index in [1.54, 1.807) is 11.6 Å². The van der Waals surface area contributed by atoms with E-state index in [2.05, 4.69) is 26.0 Å². The summed E-state index contributed by atoms with van der Waals surface area (Å²) in [5.74, 6) is 2.95. The van der Waals surface area contributed by atoms with Crippen LogP contribution in [0.1, 0.15) is 115 Å². The summed E-state index contributed by atoms with van der Waals surface area (Å²) in [6, 6.07) is 5.99. The summed E-state index contributed by atoms with van der Waals surface area (Å²) in [4.78, 5) is 0. The average Bonchev–Trinajstić information content (AvgIpc) is 2.78. The lowest BCUT2D eigenvalue weighted by molar-refractivity contribution is 0.185. The topological polar surface area (TPSA) is 0 Å². The van der Waals surface area contributed by atoms with Gasteiger partial charge in [-0.15, -0.1) is 0 Å². The number of hydrogen-bond acceptors (Lipinski definition) is 0. The summed E-state index contributed by atoms with van der Waals surface area (Å²) < 4.78 is 14.4. The van der Waals surface area contributed by atoms with Gasteiger partial charge in [-0.25, -0.2) is 4.39 Å². The van der Waals surface area contributed by atoms with Crippen molar-refractivity contribution in [3.63, 3.8) is 0 Å². The highest BCUT2D eigenvalue weighted by atomic mass is 19.1. The maximum absolute atomic E-state index is 14.4. The second-order valence-corrected chi connectivity index (χ2v) is 10.2. The number of unbranched alkanes of at least 4 members (excludes halogenated alkanes) is 3. The van der Waals surface area contributed by atoms with E-state index >= 15 is 0 Å². The molecule has 0 N–H and O–H groups in total. The quantitative estimate of drug-likeness (QED) is 0.251. The minimum absolute atomic E-state index is 0.0100. The van der Waals surface area contributed by atoms with Crippen LogP contribution in [0.25, 0.3) is 0 Å². The van der Waals surface area contributed by atoms with E-state index in [0.717, 1.165) is 49.0 Å². The van der Waals surface area contributed by atoms with Gasteiger partial charge in [-0.3, -0.25) is 0 Å². The molecule has 0 saturated heterocycles. The summed E-state index contributed by atoms with van der Waals surface area (Å²) in [5.41, 5.74) is 3.69. The molecule has 0 aliphatic heterocycles. The van der Waals surface area contributed by atoms with Gasteiger partial charge in [0.2, 0.25) is 0 Å². The highest BCUT2D eigenvalue weighted by molar-refractivity contribution is 5.25. The molecular weight excluding hydrogens is 367 g/mol. The molecule has 1 unspecified atom stereocenters. The fourth-order valence-electron chi connectivity index (χ4n) is 5.82. The van der Waals surface area contributed by atoms with Crippen LogP contribution in [0.5, 0.6) is 0 Å². The Bertz CT molecular complexity index is 650. The number of rotatable bonds is 11. The predicted molar refractivity (Wildman–Crippen MR) is 128 cm³/mol. The third-order valence-electron chi connectivity index (χ3n) is 7.97. The number of benzene rings is 1. The van der Waals surface area contributed by atoms with Gasteiger partial charge in [0.1, 0.15) is 5.82 Å². The van der Waals surface area contributed by atoms with Crippen molar-refractivity contribution >= 4 is 0 Å². The van der Waals surface area contributed by atoms with Gasteiger partial charge in [0.15, 0.2) is 0 Å². The van der Waals surface area contributed by atoms with Crippen molar-refractivity contribution in [2.75, 3.05) is 0 Å². The Labute approximate surface area is 185 Å². The van der Waals surface area contributed by atoms with Gasteiger partial charge in [0.05, 0.1) is 0 Å². The van der Waals surface area contributed by atoms with Crippen molar-refractivity contribution in [3.05, 3.63) is 46.8 Å². The molecule has 1 aromatic rings. The highest BCUT2D eigenvalue weighted by Gasteiger charge is 2.28. The van der Waals surface area contributed by atoms with Crippen LogP contribution in [0.15, 0.2) is 29.8 Å². The first-order chi connectivity index (χ1) is 14.7. The Hall–Kier alpha value is -1.11. The number of halogens is 1. The van der Waals surface area contributed by atoms with E-state index in [1.165, 1.54) is 82.6 Å². The van der Waals surface area contributed by atoms with Crippen LogP contribution in [0.3, 0.4) is 0 Å². The molecule has 0 spiro atoms. The van der Waals surface area contributed by atoms with Crippen molar-refractivity contribution in [2.24, 2.45) is 17.8 Å². The molecule has 30 heavy (non-hydrogen) atoms. The standard InChI is InChI=1S/C29H45F/c1-3-5-7-9-28-21-16-25(22-29(28)30)11-10-24-14-19-27(20-15-24)26-17-12-23(13-18-26)8-6-4-2/h14,16,21-23,26-27H,3-13,15,17-20H2,1-2H3. The summed E-state index contributed by atoms with van der Waals surface area (Å²) in [7, 11) is 0. The van der Waals surface area contributed by atoms with E-state index in [0.29, 0.717) is 0 Å². The molecule has 1 aromatic carbocycles. The first-order valence-electron chi connectivity index (χ1n) is 13.1. The monoisotopic (exact) mass is 412 g/mol. The molecule has 2 aliphatic carbocycles. The second kappa shape index (κ2) is 12.7. The molecule has 0 bridgehead atoms. The van der Waals surface area contributed by atoms with Crippen molar-refractivity contribution in [2.45, 2.75) is 117 Å². The van der Waals surface area contributed by atoms with Gasteiger partial charge in [-0.1, -0.05) is 82.6 Å². The molecule has 1 atom stereocenters. The third-order valence-corrected chi connectivity index (χ3v) is 7.97. The van der Waals surface area contributed by atoms with E-state index in [9.17, 15) is 4.39 Å². The highest BCUT2D eigenvalue weighted by Crippen LogP contribution is 2.41. The van der Waals surface area contributed by atoms with Crippen LogP contribution >= 0.6 is 0 Å². The fraction of sp³-hybridized carbons (Fsp3) is 0.724. The van der Waals surface area contributed by atoms with Crippen LogP contribution in [-0.2, 0) is 12.8 Å². The molecule has 1 heteroatoms. The molecule has 0 heterocycles. The minimum Gasteiger partial charge on any atom is -0.207 e. The van der Waals surface area contributed by atoms with Gasteiger partial charge in [-0.05, 0) is 92.7 Å². The van der Waals surface area contributed by atoms with Gasteiger partial charge >= 0.3 is 0 Å². The van der Waals surface area contributed by atoms with Crippen molar-refractivity contribution in [1.29, 1.82) is 0 Å².